The van der Waals surface area contributed by atoms with Gasteiger partial charge in [0.1, 0.15) is 5.82 Å². The fraction of sp³-hybridized carbons (Fsp3) is 0. The molecule has 0 atom stereocenters. The second kappa shape index (κ2) is 4.44. The fourth-order valence-electron chi connectivity index (χ4n) is 1.26. The smallest absolute Gasteiger partial charge is 0.257 e. The summed E-state index contributed by atoms with van der Waals surface area (Å²) in [6.07, 6.45) is 1.45. The summed E-state index contributed by atoms with van der Waals surface area (Å²) in [7, 11) is 0. The zero-order chi connectivity index (χ0) is 11.4. The van der Waals surface area contributed by atoms with E-state index in [1.165, 1.54) is 6.20 Å². The number of amides is 1. The number of anilines is 2. The number of carbonyl (C=O) groups is 1. The molecule has 1 amide bonds. The number of aromatic nitrogens is 1. The van der Waals surface area contributed by atoms with Crippen molar-refractivity contribution in [2.24, 2.45) is 0 Å². The van der Waals surface area contributed by atoms with Gasteiger partial charge in [-0.25, -0.2) is 4.98 Å². The molecule has 0 spiro atoms. The van der Waals surface area contributed by atoms with Gasteiger partial charge in [0.2, 0.25) is 0 Å². The fourth-order valence-corrected chi connectivity index (χ4v) is 1.26. The lowest BCUT2D eigenvalue weighted by Crippen LogP contribution is -2.12. The standard InChI is InChI=1S/C12H11N3O/c13-11-7-6-9(8-14-11)12(16)15-10-4-2-1-3-5-10/h1-8H,(H2,13,14)(H,15,16). The average Bonchev–Trinajstić information content (AvgIpc) is 2.31. The number of nitrogen functional groups attached to an aromatic ring is 1. The third-order valence-corrected chi connectivity index (χ3v) is 2.08. The third kappa shape index (κ3) is 2.36. The molecule has 4 nitrogen and oxygen atoms in total. The number of hydrogen-bond acceptors (Lipinski definition) is 3. The molecule has 2 aromatic rings. The van der Waals surface area contributed by atoms with E-state index >= 15 is 0 Å². The second-order valence-electron chi connectivity index (χ2n) is 3.29. The van der Waals surface area contributed by atoms with Crippen LogP contribution in [0.15, 0.2) is 48.7 Å². The van der Waals surface area contributed by atoms with Crippen LogP contribution in [0, 0.1) is 0 Å². The van der Waals surface area contributed by atoms with Crippen LogP contribution >= 0.6 is 0 Å². The number of carbonyl (C=O) groups excluding carboxylic acids is 1. The van der Waals surface area contributed by atoms with E-state index in [1.54, 1.807) is 12.1 Å². The van der Waals surface area contributed by atoms with Crippen molar-refractivity contribution in [2.45, 2.75) is 0 Å². The SMILES string of the molecule is Nc1ccc(C(=O)Nc2ccccc2)cn1. The summed E-state index contributed by atoms with van der Waals surface area (Å²) in [6, 6.07) is 12.5. The van der Waals surface area contributed by atoms with Crippen LogP contribution in [0.25, 0.3) is 0 Å². The van der Waals surface area contributed by atoms with Crippen molar-refractivity contribution >= 4 is 17.4 Å². The maximum absolute atomic E-state index is 11.7. The monoisotopic (exact) mass is 213 g/mol. The lowest BCUT2D eigenvalue weighted by Gasteiger charge is -2.04. The van der Waals surface area contributed by atoms with Crippen molar-refractivity contribution in [2.75, 3.05) is 11.1 Å². The number of para-hydroxylation sites is 1. The van der Waals surface area contributed by atoms with Gasteiger partial charge in [-0.15, -0.1) is 0 Å². The van der Waals surface area contributed by atoms with Crippen LogP contribution in [0.4, 0.5) is 11.5 Å². The van der Waals surface area contributed by atoms with E-state index in [4.69, 9.17) is 5.73 Å². The molecule has 80 valence electrons. The molecule has 16 heavy (non-hydrogen) atoms. The van der Waals surface area contributed by atoms with Crippen LogP contribution in [0.5, 0.6) is 0 Å². The Morgan fingerprint density at radius 2 is 1.88 bits per heavy atom. The highest BCUT2D eigenvalue weighted by Crippen LogP contribution is 2.08. The van der Waals surface area contributed by atoms with E-state index < -0.39 is 0 Å². The summed E-state index contributed by atoms with van der Waals surface area (Å²) in [6.45, 7) is 0. The molecule has 0 aliphatic rings. The summed E-state index contributed by atoms with van der Waals surface area (Å²) in [5, 5.41) is 2.76. The van der Waals surface area contributed by atoms with Gasteiger partial charge in [-0.3, -0.25) is 4.79 Å². The number of hydrogen-bond donors (Lipinski definition) is 2. The lowest BCUT2D eigenvalue weighted by molar-refractivity contribution is 0.102. The first-order chi connectivity index (χ1) is 7.75. The molecule has 0 unspecified atom stereocenters. The van der Waals surface area contributed by atoms with Gasteiger partial charge in [-0.1, -0.05) is 18.2 Å². The largest absolute Gasteiger partial charge is 0.384 e. The first-order valence-electron chi connectivity index (χ1n) is 4.83. The van der Waals surface area contributed by atoms with E-state index in [1.807, 2.05) is 30.3 Å². The molecule has 2 rings (SSSR count). The van der Waals surface area contributed by atoms with Gasteiger partial charge in [0.05, 0.1) is 5.56 Å². The molecule has 0 aliphatic heterocycles. The first kappa shape index (κ1) is 10.2. The van der Waals surface area contributed by atoms with E-state index in [0.717, 1.165) is 5.69 Å². The minimum Gasteiger partial charge on any atom is -0.384 e. The van der Waals surface area contributed by atoms with Crippen LogP contribution in [0.3, 0.4) is 0 Å². The molecular formula is C12H11N3O. The van der Waals surface area contributed by atoms with Crippen LogP contribution in [0.1, 0.15) is 10.4 Å². The Morgan fingerprint density at radius 3 is 2.50 bits per heavy atom. The summed E-state index contributed by atoms with van der Waals surface area (Å²) >= 11 is 0. The van der Waals surface area contributed by atoms with Gasteiger partial charge in [0.25, 0.3) is 5.91 Å². The number of pyridine rings is 1. The highest BCUT2D eigenvalue weighted by atomic mass is 16.1. The molecule has 0 aliphatic carbocycles. The Kier molecular flexibility index (Phi) is 2.82. The Bertz CT molecular complexity index is 479. The normalized spacial score (nSPS) is 9.75. The molecular weight excluding hydrogens is 202 g/mol. The lowest BCUT2D eigenvalue weighted by atomic mass is 10.2. The van der Waals surface area contributed by atoms with Crippen LogP contribution in [0.2, 0.25) is 0 Å². The first-order valence-corrected chi connectivity index (χ1v) is 4.83. The number of rotatable bonds is 2. The Morgan fingerprint density at radius 1 is 1.12 bits per heavy atom. The van der Waals surface area contributed by atoms with Gasteiger partial charge < -0.3 is 11.1 Å². The van der Waals surface area contributed by atoms with E-state index in [9.17, 15) is 4.79 Å². The van der Waals surface area contributed by atoms with Crippen LogP contribution in [-0.4, -0.2) is 10.9 Å². The minimum absolute atomic E-state index is 0.196. The minimum atomic E-state index is -0.196. The van der Waals surface area contributed by atoms with Crippen molar-refractivity contribution in [1.29, 1.82) is 0 Å². The molecule has 4 heteroatoms. The van der Waals surface area contributed by atoms with Gasteiger partial charge in [-0.2, -0.15) is 0 Å². The summed E-state index contributed by atoms with van der Waals surface area (Å²) in [5.41, 5.74) is 6.67. The Balaban J connectivity index is 2.12. The molecule has 0 bridgehead atoms. The maximum Gasteiger partial charge on any atom is 0.257 e. The number of benzene rings is 1. The second-order valence-corrected chi connectivity index (χ2v) is 3.29. The van der Waals surface area contributed by atoms with E-state index in [-0.39, 0.29) is 5.91 Å². The van der Waals surface area contributed by atoms with Crippen LogP contribution in [-0.2, 0) is 0 Å². The summed E-state index contributed by atoms with van der Waals surface area (Å²) < 4.78 is 0. The van der Waals surface area contributed by atoms with Gasteiger partial charge in [-0.05, 0) is 24.3 Å². The highest BCUT2D eigenvalue weighted by Gasteiger charge is 2.05. The van der Waals surface area contributed by atoms with E-state index in [2.05, 4.69) is 10.3 Å². The molecule has 0 saturated heterocycles. The van der Waals surface area contributed by atoms with Crippen molar-refractivity contribution in [3.63, 3.8) is 0 Å². The summed E-state index contributed by atoms with van der Waals surface area (Å²) in [5.74, 6) is 0.204. The van der Waals surface area contributed by atoms with Crippen molar-refractivity contribution < 1.29 is 4.79 Å². The van der Waals surface area contributed by atoms with Gasteiger partial charge in [0, 0.05) is 11.9 Å². The topological polar surface area (TPSA) is 68.0 Å². The molecule has 0 radical (unpaired) electrons. The zero-order valence-corrected chi connectivity index (χ0v) is 8.55. The quantitative estimate of drug-likeness (QED) is 0.800. The summed E-state index contributed by atoms with van der Waals surface area (Å²) in [4.78, 5) is 15.6. The molecule has 1 aromatic heterocycles. The van der Waals surface area contributed by atoms with Crippen molar-refractivity contribution in [1.82, 2.24) is 4.98 Å². The number of nitrogens with two attached hydrogens (primary N) is 1. The van der Waals surface area contributed by atoms with Gasteiger partial charge in [0.15, 0.2) is 0 Å². The Labute approximate surface area is 93.1 Å². The molecule has 0 fully saturated rings. The van der Waals surface area contributed by atoms with Crippen molar-refractivity contribution in [3.8, 4) is 0 Å². The highest BCUT2D eigenvalue weighted by molar-refractivity contribution is 6.04. The predicted octanol–water partition coefficient (Wildman–Crippen LogP) is 1.92. The average molecular weight is 213 g/mol. The molecule has 1 heterocycles. The van der Waals surface area contributed by atoms with E-state index in [0.29, 0.717) is 11.4 Å². The number of nitrogens with one attached hydrogen (secondary N) is 1. The van der Waals surface area contributed by atoms with Crippen molar-refractivity contribution in [3.05, 3.63) is 54.2 Å². The van der Waals surface area contributed by atoms with Gasteiger partial charge >= 0.3 is 0 Å². The third-order valence-electron chi connectivity index (χ3n) is 2.08. The molecule has 1 aromatic carbocycles. The van der Waals surface area contributed by atoms with Crippen LogP contribution < -0.4 is 11.1 Å². The predicted molar refractivity (Wildman–Crippen MR) is 63.0 cm³/mol. The Hall–Kier alpha value is -2.36. The number of nitrogens with zero attached hydrogens (tertiary/aromatic N) is 1. The molecule has 0 saturated carbocycles. The molecule has 3 N–H and O–H groups in total. The maximum atomic E-state index is 11.7. The zero-order valence-electron chi connectivity index (χ0n) is 8.55.